The normalized spacial score (nSPS) is 15.4. The monoisotopic (exact) mass is 220 g/mol. The number of benzene rings is 1. The van der Waals surface area contributed by atoms with E-state index < -0.39 is 0 Å². The molecule has 0 aliphatic heterocycles. The fraction of sp³-hybridized carbons (Fsp3) is 0.417. The summed E-state index contributed by atoms with van der Waals surface area (Å²) < 4.78 is 0. The zero-order chi connectivity index (χ0) is 11.7. The van der Waals surface area contributed by atoms with Crippen LogP contribution in [0.5, 0.6) is 0 Å². The Kier molecular flexibility index (Phi) is 2.92. The zero-order valence-electron chi connectivity index (χ0n) is 9.14. The minimum absolute atomic E-state index is 0.0547. The molecule has 1 saturated carbocycles. The number of hydrogen-bond acceptors (Lipinski definition) is 3. The Morgan fingerprint density at radius 1 is 1.56 bits per heavy atom. The van der Waals surface area contributed by atoms with Gasteiger partial charge in [0.25, 0.3) is 5.69 Å². The largest absolute Gasteiger partial charge is 0.395 e. The minimum Gasteiger partial charge on any atom is -0.395 e. The van der Waals surface area contributed by atoms with Crippen molar-refractivity contribution in [3.63, 3.8) is 0 Å². The first-order valence-corrected chi connectivity index (χ1v) is 5.36. The first-order chi connectivity index (χ1) is 7.65. The van der Waals surface area contributed by atoms with E-state index in [9.17, 15) is 10.1 Å². The molecule has 1 aliphatic rings. The molecule has 1 aliphatic carbocycles. The molecule has 1 radical (unpaired) electrons. The van der Waals surface area contributed by atoms with Gasteiger partial charge in [-0.25, -0.2) is 0 Å². The number of nitrogens with zero attached hydrogens (tertiary/aromatic N) is 1. The molecule has 16 heavy (non-hydrogen) atoms. The van der Waals surface area contributed by atoms with Crippen LogP contribution < -0.4 is 0 Å². The highest BCUT2D eigenvalue weighted by molar-refractivity contribution is 5.54. The second-order valence-electron chi connectivity index (χ2n) is 4.21. The molecule has 0 unspecified atom stereocenters. The van der Waals surface area contributed by atoms with E-state index in [2.05, 4.69) is 0 Å². The van der Waals surface area contributed by atoms with Crippen LogP contribution in [0.3, 0.4) is 0 Å². The van der Waals surface area contributed by atoms with E-state index in [1.807, 2.05) is 13.0 Å². The number of nitro benzene ring substituents is 1. The number of hydrogen-bond donors (Lipinski definition) is 1. The first-order valence-electron chi connectivity index (χ1n) is 5.36. The van der Waals surface area contributed by atoms with Crippen molar-refractivity contribution in [1.82, 2.24) is 0 Å². The number of nitro groups is 1. The quantitative estimate of drug-likeness (QED) is 0.626. The van der Waals surface area contributed by atoms with Crippen molar-refractivity contribution in [3.8, 4) is 0 Å². The Hall–Kier alpha value is -1.42. The van der Waals surface area contributed by atoms with Gasteiger partial charge in [-0.15, -0.1) is 0 Å². The Balaban J connectivity index is 2.51. The summed E-state index contributed by atoms with van der Waals surface area (Å²) in [7, 11) is 0. The molecule has 4 nitrogen and oxygen atoms in total. The van der Waals surface area contributed by atoms with E-state index >= 15 is 0 Å². The van der Waals surface area contributed by atoms with E-state index in [1.165, 1.54) is 0 Å². The van der Waals surface area contributed by atoms with Gasteiger partial charge in [-0.05, 0) is 24.3 Å². The molecule has 0 amide bonds. The molecule has 0 spiro atoms. The van der Waals surface area contributed by atoms with Crippen molar-refractivity contribution in [2.24, 2.45) is 0 Å². The number of aliphatic hydroxyl groups is 1. The maximum Gasteiger partial charge on any atom is 0.273 e. The van der Waals surface area contributed by atoms with Crippen molar-refractivity contribution in [2.75, 3.05) is 6.61 Å². The Bertz CT molecular complexity index is 413. The fourth-order valence-corrected chi connectivity index (χ4v) is 1.97. The van der Waals surface area contributed by atoms with E-state index in [-0.39, 0.29) is 17.2 Å². The third-order valence-corrected chi connectivity index (χ3v) is 2.96. The van der Waals surface area contributed by atoms with Crippen LogP contribution in [0.25, 0.3) is 0 Å². The average Bonchev–Trinajstić information content (AvgIpc) is 3.10. The molecule has 1 fully saturated rings. The summed E-state index contributed by atoms with van der Waals surface area (Å²) in [5.41, 5.74) is 1.84. The second kappa shape index (κ2) is 4.22. The van der Waals surface area contributed by atoms with Crippen LogP contribution in [-0.2, 0) is 0 Å². The highest BCUT2D eigenvalue weighted by atomic mass is 16.6. The molecule has 0 heterocycles. The Morgan fingerprint density at radius 2 is 2.25 bits per heavy atom. The van der Waals surface area contributed by atoms with E-state index in [4.69, 9.17) is 5.11 Å². The van der Waals surface area contributed by atoms with E-state index in [0.29, 0.717) is 5.92 Å². The highest BCUT2D eigenvalue weighted by Gasteiger charge is 2.33. The molecule has 0 aromatic heterocycles. The number of rotatable bonds is 4. The molecule has 4 heteroatoms. The van der Waals surface area contributed by atoms with E-state index in [1.54, 1.807) is 12.1 Å². The predicted molar refractivity (Wildman–Crippen MR) is 60.2 cm³/mol. The predicted octanol–water partition coefficient (Wildman–Crippen LogP) is 2.41. The van der Waals surface area contributed by atoms with Gasteiger partial charge in [-0.3, -0.25) is 10.1 Å². The van der Waals surface area contributed by atoms with Crippen molar-refractivity contribution in [1.29, 1.82) is 0 Å². The van der Waals surface area contributed by atoms with Gasteiger partial charge in [0.2, 0.25) is 0 Å². The topological polar surface area (TPSA) is 63.4 Å². The van der Waals surface area contributed by atoms with Crippen LogP contribution in [0.1, 0.15) is 36.8 Å². The minimum atomic E-state index is -0.332. The molecule has 1 N–H and O–H groups in total. The number of aliphatic hydroxyl groups excluding tert-OH is 1. The van der Waals surface area contributed by atoms with Gasteiger partial charge in [0.05, 0.1) is 11.5 Å². The molecular weight excluding hydrogens is 206 g/mol. The zero-order valence-corrected chi connectivity index (χ0v) is 9.14. The molecule has 1 aromatic rings. The van der Waals surface area contributed by atoms with Gasteiger partial charge in [-0.2, -0.15) is 0 Å². The molecule has 0 atom stereocenters. The Morgan fingerprint density at radius 3 is 2.75 bits per heavy atom. The lowest BCUT2D eigenvalue weighted by molar-refractivity contribution is -0.385. The summed E-state index contributed by atoms with van der Waals surface area (Å²) in [6, 6.07) is 5.08. The maximum absolute atomic E-state index is 11.0. The van der Waals surface area contributed by atoms with E-state index in [0.717, 1.165) is 29.9 Å². The van der Waals surface area contributed by atoms with Gasteiger partial charge in [0.1, 0.15) is 0 Å². The van der Waals surface area contributed by atoms with Crippen molar-refractivity contribution < 1.29 is 10.0 Å². The summed E-state index contributed by atoms with van der Waals surface area (Å²) in [4.78, 5) is 10.6. The standard InChI is InChI=1S/C12H14NO3/c1-8(7-14)10-3-2-4-11(13(15)16)12(10)9-5-6-9/h2-4,9,14H,5-7H2,1H3. The van der Waals surface area contributed by atoms with Gasteiger partial charge >= 0.3 is 0 Å². The lowest BCUT2D eigenvalue weighted by atomic mass is 9.92. The van der Waals surface area contributed by atoms with Crippen LogP contribution in [0.2, 0.25) is 0 Å². The summed E-state index contributed by atoms with van der Waals surface area (Å²) >= 11 is 0. The Labute approximate surface area is 94.1 Å². The van der Waals surface area contributed by atoms with Gasteiger partial charge < -0.3 is 5.11 Å². The smallest absolute Gasteiger partial charge is 0.273 e. The summed E-state index contributed by atoms with van der Waals surface area (Å²) in [6.07, 6.45) is 2.02. The SMILES string of the molecule is C[C](CO)c1cccc([N+](=O)[O-])c1C1CC1. The van der Waals surface area contributed by atoms with Crippen LogP contribution in [0.15, 0.2) is 18.2 Å². The van der Waals surface area contributed by atoms with Crippen molar-refractivity contribution in [3.05, 3.63) is 45.4 Å². The molecule has 1 aromatic carbocycles. The third kappa shape index (κ3) is 1.93. The molecule has 0 bridgehead atoms. The third-order valence-electron chi connectivity index (χ3n) is 2.96. The van der Waals surface area contributed by atoms with Crippen molar-refractivity contribution in [2.45, 2.75) is 25.7 Å². The average molecular weight is 220 g/mol. The highest BCUT2D eigenvalue weighted by Crippen LogP contribution is 2.47. The first kappa shape index (κ1) is 11.1. The fourth-order valence-electron chi connectivity index (χ4n) is 1.97. The van der Waals surface area contributed by atoms with Crippen LogP contribution >= 0.6 is 0 Å². The molecule has 85 valence electrons. The van der Waals surface area contributed by atoms with Gasteiger partial charge in [0, 0.05) is 17.5 Å². The van der Waals surface area contributed by atoms with Gasteiger partial charge in [-0.1, -0.05) is 19.1 Å². The van der Waals surface area contributed by atoms with Crippen molar-refractivity contribution >= 4 is 5.69 Å². The molecular formula is C12H14NO3. The maximum atomic E-state index is 11.0. The molecule has 2 rings (SSSR count). The van der Waals surface area contributed by atoms with Crippen LogP contribution in [0.4, 0.5) is 5.69 Å². The lowest BCUT2D eigenvalue weighted by Crippen LogP contribution is -2.06. The lowest BCUT2D eigenvalue weighted by Gasteiger charge is -2.13. The van der Waals surface area contributed by atoms with Crippen LogP contribution in [-0.4, -0.2) is 16.6 Å². The van der Waals surface area contributed by atoms with Gasteiger partial charge in [0.15, 0.2) is 0 Å². The summed E-state index contributed by atoms with van der Waals surface area (Å²) in [6.45, 7) is 1.76. The molecule has 0 saturated heterocycles. The summed E-state index contributed by atoms with van der Waals surface area (Å²) in [5.74, 6) is 1.10. The van der Waals surface area contributed by atoms with Crippen LogP contribution in [0, 0.1) is 16.0 Å². The summed E-state index contributed by atoms with van der Waals surface area (Å²) in [5, 5.41) is 20.1. The second-order valence-corrected chi connectivity index (χ2v) is 4.21.